The van der Waals surface area contributed by atoms with E-state index in [9.17, 15) is 14.3 Å². The summed E-state index contributed by atoms with van der Waals surface area (Å²) in [5.74, 6) is 1.03. The average molecular weight is 700 g/mol. The summed E-state index contributed by atoms with van der Waals surface area (Å²) in [4.78, 5) is 13.1. The van der Waals surface area contributed by atoms with E-state index in [0.29, 0.717) is 36.8 Å². The van der Waals surface area contributed by atoms with Gasteiger partial charge in [0.05, 0.1) is 28.5 Å². The van der Waals surface area contributed by atoms with Crippen molar-refractivity contribution >= 4 is 51.0 Å². The number of thioether (sulfide) groups is 1. The number of hydrogen-bond acceptors (Lipinski definition) is 5. The number of aromatic carboxylic acids is 1. The van der Waals surface area contributed by atoms with Crippen molar-refractivity contribution in [2.45, 2.75) is 58.2 Å². The summed E-state index contributed by atoms with van der Waals surface area (Å²) in [6, 6.07) is 14.8. The van der Waals surface area contributed by atoms with Crippen LogP contribution >= 0.6 is 23.4 Å². The third-order valence-corrected chi connectivity index (χ3v) is 11.0. The molecular formula is C38H39ClFN5O3S. The first-order chi connectivity index (χ1) is 23.6. The van der Waals surface area contributed by atoms with Gasteiger partial charge in [0, 0.05) is 59.7 Å². The van der Waals surface area contributed by atoms with Gasteiger partial charge in [0.1, 0.15) is 17.3 Å². The van der Waals surface area contributed by atoms with Crippen LogP contribution in [0.2, 0.25) is 5.02 Å². The average Bonchev–Trinajstić information content (AvgIpc) is 3.66. The third kappa shape index (κ3) is 6.32. The van der Waals surface area contributed by atoms with E-state index in [1.165, 1.54) is 6.07 Å². The molecule has 0 fully saturated rings. The van der Waals surface area contributed by atoms with Crippen LogP contribution in [0, 0.1) is 19.7 Å². The number of ether oxygens (including phenoxy) is 1. The Labute approximate surface area is 293 Å². The lowest BCUT2D eigenvalue weighted by atomic mass is 9.98. The van der Waals surface area contributed by atoms with E-state index in [-0.39, 0.29) is 11.5 Å². The zero-order valence-corrected chi connectivity index (χ0v) is 29.7. The van der Waals surface area contributed by atoms with E-state index in [2.05, 4.69) is 11.2 Å². The van der Waals surface area contributed by atoms with E-state index < -0.39 is 5.97 Å². The molecule has 8 nitrogen and oxygen atoms in total. The molecule has 4 heterocycles. The zero-order chi connectivity index (χ0) is 34.4. The number of hydrogen-bond donors (Lipinski definition) is 1. The molecule has 0 spiro atoms. The van der Waals surface area contributed by atoms with E-state index in [4.69, 9.17) is 21.4 Å². The molecule has 11 heteroatoms. The molecule has 7 rings (SSSR count). The van der Waals surface area contributed by atoms with Gasteiger partial charge in [-0.25, -0.2) is 9.18 Å². The first kappa shape index (κ1) is 33.2. The molecule has 3 aromatic heterocycles. The Morgan fingerprint density at radius 1 is 0.959 bits per heavy atom. The van der Waals surface area contributed by atoms with Gasteiger partial charge in [-0.2, -0.15) is 22.0 Å². The highest BCUT2D eigenvalue weighted by Gasteiger charge is 2.27. The van der Waals surface area contributed by atoms with Gasteiger partial charge in [-0.05, 0) is 105 Å². The second-order valence-electron chi connectivity index (χ2n) is 12.8. The number of aromatic nitrogens is 5. The third-order valence-electron chi connectivity index (χ3n) is 9.62. The second-order valence-corrected chi connectivity index (χ2v) is 14.4. The fraction of sp³-hybridized carbons (Fsp3) is 0.342. The van der Waals surface area contributed by atoms with E-state index in [1.807, 2.05) is 66.1 Å². The first-order valence-electron chi connectivity index (χ1n) is 16.6. The van der Waals surface area contributed by atoms with Crippen LogP contribution in [0.15, 0.2) is 48.5 Å². The highest BCUT2D eigenvalue weighted by atomic mass is 35.5. The summed E-state index contributed by atoms with van der Waals surface area (Å²) < 4.78 is 26.5. The van der Waals surface area contributed by atoms with Gasteiger partial charge in [0.15, 0.2) is 0 Å². The highest BCUT2D eigenvalue weighted by molar-refractivity contribution is 7.98. The van der Waals surface area contributed by atoms with Crippen LogP contribution < -0.4 is 4.74 Å². The molecule has 49 heavy (non-hydrogen) atoms. The van der Waals surface area contributed by atoms with Crippen molar-refractivity contribution in [1.29, 1.82) is 0 Å². The molecule has 0 amide bonds. The summed E-state index contributed by atoms with van der Waals surface area (Å²) >= 11 is 8.78. The number of carbonyl (C=O) groups is 1. The predicted octanol–water partition coefficient (Wildman–Crippen LogP) is 8.47. The Balaban J connectivity index is 1.34. The molecule has 0 unspecified atom stereocenters. The van der Waals surface area contributed by atoms with E-state index in [1.54, 1.807) is 23.9 Å². The summed E-state index contributed by atoms with van der Waals surface area (Å²) in [5, 5.41) is 23.2. The Hall–Kier alpha value is -4.28. The van der Waals surface area contributed by atoms with Gasteiger partial charge in [-0.15, -0.1) is 0 Å². The standard InChI is InChI=1S/C38H39ClFN5O3S/c1-22-34(23(2)43(3)41-22)35-32(39)13-12-31-30-7-5-15-48-33-18-24(17-25-19-26(40)9-11-29(25)33)8-10-28-20-27(42-44(28)4)21-49-16-6-14-45(36(31)35)37(30)38(46)47/h9,11-13,17-20H,5-8,10,14-16,21H2,1-4H3,(H,46,47). The molecule has 6 bridgehead atoms. The molecule has 254 valence electrons. The quantitative estimate of drug-likeness (QED) is 0.195. The lowest BCUT2D eigenvalue weighted by Gasteiger charge is -2.14. The summed E-state index contributed by atoms with van der Waals surface area (Å²) in [5.41, 5.74) is 8.63. The second kappa shape index (κ2) is 13.6. The van der Waals surface area contributed by atoms with Crippen LogP contribution in [-0.2, 0) is 45.7 Å². The normalized spacial score (nSPS) is 14.7. The molecule has 3 aromatic carbocycles. The number of benzene rings is 3. The fourth-order valence-corrected chi connectivity index (χ4v) is 8.37. The fourth-order valence-electron chi connectivity index (χ4n) is 7.30. The molecule has 0 saturated heterocycles. The Morgan fingerprint density at radius 2 is 1.78 bits per heavy atom. The van der Waals surface area contributed by atoms with Crippen molar-refractivity contribution in [2.24, 2.45) is 14.1 Å². The van der Waals surface area contributed by atoms with Crippen LogP contribution in [0.4, 0.5) is 4.39 Å². The summed E-state index contributed by atoms with van der Waals surface area (Å²) in [6.07, 6.45) is 3.42. The van der Waals surface area contributed by atoms with E-state index in [0.717, 1.165) is 97.5 Å². The first-order valence-corrected chi connectivity index (χ1v) is 18.2. The number of nitrogens with zero attached hydrogens (tertiary/aromatic N) is 5. The van der Waals surface area contributed by atoms with Crippen LogP contribution in [0.5, 0.6) is 5.75 Å². The molecule has 6 aromatic rings. The smallest absolute Gasteiger partial charge is 0.352 e. The molecule has 0 radical (unpaired) electrons. The maximum absolute atomic E-state index is 14.3. The van der Waals surface area contributed by atoms with Gasteiger partial charge in [-0.3, -0.25) is 9.36 Å². The highest BCUT2D eigenvalue weighted by Crippen LogP contribution is 2.42. The SMILES string of the molecule is Cc1nn(C)c(C)c1-c1c(Cl)ccc2c3c(C(=O)O)n(c12)CCCSCc1cc(n(C)n1)CCc1cc(c2ccc(F)cc2c1)OCCC3. The van der Waals surface area contributed by atoms with Crippen molar-refractivity contribution in [2.75, 3.05) is 12.4 Å². The Morgan fingerprint density at radius 3 is 2.55 bits per heavy atom. The maximum atomic E-state index is 14.3. The van der Waals surface area contributed by atoms with Crippen molar-refractivity contribution in [1.82, 2.24) is 24.1 Å². The molecule has 1 N–H and O–H groups in total. The van der Waals surface area contributed by atoms with Crippen LogP contribution in [0.25, 0.3) is 32.8 Å². The topological polar surface area (TPSA) is 87.1 Å². The Kier molecular flexibility index (Phi) is 9.19. The van der Waals surface area contributed by atoms with Crippen molar-refractivity contribution in [3.8, 4) is 16.9 Å². The van der Waals surface area contributed by atoms with Crippen molar-refractivity contribution in [3.63, 3.8) is 0 Å². The molecule has 1 aliphatic heterocycles. The number of aryl methyl sites for hydroxylation is 7. The monoisotopic (exact) mass is 699 g/mol. The lowest BCUT2D eigenvalue weighted by molar-refractivity contribution is 0.0684. The summed E-state index contributed by atoms with van der Waals surface area (Å²) in [7, 11) is 3.88. The molecule has 0 aliphatic carbocycles. The minimum absolute atomic E-state index is 0.286. The number of halogens is 2. The molecular weight excluding hydrogens is 661 g/mol. The molecule has 1 aliphatic rings. The number of fused-ring (bicyclic) bond motifs is 11. The van der Waals surface area contributed by atoms with Crippen LogP contribution in [0.1, 0.15) is 57.2 Å². The number of rotatable bonds is 2. The van der Waals surface area contributed by atoms with Gasteiger partial charge >= 0.3 is 5.97 Å². The minimum Gasteiger partial charge on any atom is -0.493 e. The number of carboxylic acid groups (broad SMARTS) is 1. The van der Waals surface area contributed by atoms with Gasteiger partial charge in [-0.1, -0.05) is 23.7 Å². The van der Waals surface area contributed by atoms with Gasteiger partial charge < -0.3 is 14.4 Å². The van der Waals surface area contributed by atoms with Gasteiger partial charge in [0.2, 0.25) is 0 Å². The maximum Gasteiger partial charge on any atom is 0.352 e. The van der Waals surface area contributed by atoms with Crippen molar-refractivity contribution < 1.29 is 19.0 Å². The van der Waals surface area contributed by atoms with E-state index >= 15 is 0 Å². The summed E-state index contributed by atoms with van der Waals surface area (Å²) in [6.45, 7) is 4.86. The van der Waals surface area contributed by atoms with Crippen LogP contribution in [-0.4, -0.2) is 47.6 Å². The van der Waals surface area contributed by atoms with Crippen LogP contribution in [0.3, 0.4) is 0 Å². The zero-order valence-electron chi connectivity index (χ0n) is 28.1. The van der Waals surface area contributed by atoms with Gasteiger partial charge in [0.25, 0.3) is 0 Å². The lowest BCUT2D eigenvalue weighted by Crippen LogP contribution is -2.12. The Bertz CT molecular complexity index is 2240. The number of carboxylic acids is 1. The minimum atomic E-state index is -0.967. The largest absolute Gasteiger partial charge is 0.493 e. The van der Waals surface area contributed by atoms with Crippen molar-refractivity contribution in [3.05, 3.63) is 99.0 Å². The predicted molar refractivity (Wildman–Crippen MR) is 195 cm³/mol. The molecule has 0 saturated carbocycles. The molecule has 0 atom stereocenters.